The second kappa shape index (κ2) is 7.20. The first-order chi connectivity index (χ1) is 9.76. The first kappa shape index (κ1) is 14.7. The lowest BCUT2D eigenvalue weighted by molar-refractivity contribution is 0.519. The highest BCUT2D eigenvalue weighted by Crippen LogP contribution is 2.11. The van der Waals surface area contributed by atoms with Crippen LogP contribution >= 0.6 is 0 Å². The number of hydrogen-bond acceptors (Lipinski definition) is 3. The molecule has 0 spiro atoms. The number of aromatic nitrogens is 3. The summed E-state index contributed by atoms with van der Waals surface area (Å²) >= 11 is 0. The molecule has 0 saturated carbocycles. The highest BCUT2D eigenvalue weighted by Gasteiger charge is 2.13. The van der Waals surface area contributed by atoms with Crippen molar-refractivity contribution in [3.8, 4) is 0 Å². The Kier molecular flexibility index (Phi) is 5.30. The predicted octanol–water partition coefficient (Wildman–Crippen LogP) is 2.23. The molecule has 2 aromatic rings. The molecule has 0 bridgehead atoms. The minimum atomic E-state index is 0.420. The van der Waals surface area contributed by atoms with Crippen LogP contribution in [0, 0.1) is 0 Å². The summed E-state index contributed by atoms with van der Waals surface area (Å²) in [5.41, 5.74) is 3.82. The summed E-state index contributed by atoms with van der Waals surface area (Å²) in [5.74, 6) is 0. The topological polar surface area (TPSA) is 42.7 Å². The normalized spacial score (nSPS) is 12.6. The lowest BCUT2D eigenvalue weighted by Gasteiger charge is -2.16. The van der Waals surface area contributed by atoms with E-state index in [0.717, 1.165) is 25.8 Å². The molecule has 0 aromatic carbocycles. The van der Waals surface area contributed by atoms with Crippen LogP contribution in [0.25, 0.3) is 0 Å². The number of rotatable bonds is 7. The van der Waals surface area contributed by atoms with Gasteiger partial charge in [0.1, 0.15) is 0 Å². The van der Waals surface area contributed by atoms with Crippen LogP contribution in [0.1, 0.15) is 30.8 Å². The zero-order chi connectivity index (χ0) is 14.4. The van der Waals surface area contributed by atoms with Gasteiger partial charge in [0.15, 0.2) is 0 Å². The van der Waals surface area contributed by atoms with Gasteiger partial charge in [0.2, 0.25) is 0 Å². The third-order valence-electron chi connectivity index (χ3n) is 3.67. The van der Waals surface area contributed by atoms with Gasteiger partial charge in [-0.25, -0.2) is 0 Å². The lowest BCUT2D eigenvalue weighted by atomic mass is 10.0. The Hall–Kier alpha value is -1.68. The molecule has 4 heteroatoms. The van der Waals surface area contributed by atoms with Gasteiger partial charge >= 0.3 is 0 Å². The van der Waals surface area contributed by atoms with Gasteiger partial charge in [-0.2, -0.15) is 5.10 Å². The smallest absolute Gasteiger partial charge is 0.0624 e. The Morgan fingerprint density at radius 1 is 1.20 bits per heavy atom. The van der Waals surface area contributed by atoms with Crippen molar-refractivity contribution in [3.63, 3.8) is 0 Å². The zero-order valence-corrected chi connectivity index (χ0v) is 12.6. The summed E-state index contributed by atoms with van der Waals surface area (Å²) in [7, 11) is 2.03. The average molecular weight is 272 g/mol. The molecule has 0 amide bonds. The van der Waals surface area contributed by atoms with Gasteiger partial charge in [0, 0.05) is 37.1 Å². The van der Waals surface area contributed by atoms with E-state index in [4.69, 9.17) is 0 Å². The number of nitrogens with zero attached hydrogens (tertiary/aromatic N) is 3. The largest absolute Gasteiger partial charge is 0.316 e. The molecule has 1 atom stereocenters. The Morgan fingerprint density at radius 3 is 2.55 bits per heavy atom. The summed E-state index contributed by atoms with van der Waals surface area (Å²) in [5, 5.41) is 8.04. The number of aryl methyl sites for hydroxylation is 2. The van der Waals surface area contributed by atoms with E-state index in [0.29, 0.717) is 6.04 Å². The molecule has 0 saturated heterocycles. The molecule has 0 fully saturated rings. The number of likely N-dealkylation sites (N-methyl/N-ethyl adjacent to an activating group) is 1. The minimum Gasteiger partial charge on any atom is -0.316 e. The molecule has 2 aromatic heterocycles. The second-order valence-electron chi connectivity index (χ2n) is 5.05. The van der Waals surface area contributed by atoms with Crippen molar-refractivity contribution >= 4 is 0 Å². The number of pyridine rings is 1. The van der Waals surface area contributed by atoms with E-state index >= 15 is 0 Å². The first-order valence-electron chi connectivity index (χ1n) is 7.38. The molecule has 0 aliphatic carbocycles. The molecule has 108 valence electrons. The van der Waals surface area contributed by atoms with Crippen molar-refractivity contribution < 1.29 is 0 Å². The predicted molar refractivity (Wildman–Crippen MR) is 81.8 cm³/mol. The SMILES string of the molecule is CCc1cc(CC(Cc2ccncc2)NC)n(CC)n1. The zero-order valence-electron chi connectivity index (χ0n) is 12.6. The minimum absolute atomic E-state index is 0.420. The lowest BCUT2D eigenvalue weighted by Crippen LogP contribution is -2.30. The van der Waals surface area contributed by atoms with Crippen LogP contribution in [0.15, 0.2) is 30.6 Å². The molecular weight excluding hydrogens is 248 g/mol. The summed E-state index contributed by atoms with van der Waals surface area (Å²) in [6.45, 7) is 5.23. The molecular formula is C16H24N4. The first-order valence-corrected chi connectivity index (χ1v) is 7.38. The van der Waals surface area contributed by atoms with Crippen molar-refractivity contribution in [2.24, 2.45) is 0 Å². The Labute approximate surface area is 121 Å². The maximum absolute atomic E-state index is 4.62. The van der Waals surface area contributed by atoms with E-state index in [1.807, 2.05) is 19.4 Å². The summed E-state index contributed by atoms with van der Waals surface area (Å²) in [6, 6.07) is 6.82. The third kappa shape index (κ3) is 3.67. The fourth-order valence-electron chi connectivity index (χ4n) is 2.46. The molecule has 20 heavy (non-hydrogen) atoms. The molecule has 0 aliphatic rings. The molecule has 1 N–H and O–H groups in total. The van der Waals surface area contributed by atoms with Crippen LogP contribution in [-0.2, 0) is 25.8 Å². The average Bonchev–Trinajstić information content (AvgIpc) is 2.89. The number of hydrogen-bond donors (Lipinski definition) is 1. The van der Waals surface area contributed by atoms with Crippen molar-refractivity contribution in [1.82, 2.24) is 20.1 Å². The molecule has 1 unspecified atom stereocenters. The van der Waals surface area contributed by atoms with Gasteiger partial charge < -0.3 is 5.32 Å². The van der Waals surface area contributed by atoms with Gasteiger partial charge in [0.05, 0.1) is 5.69 Å². The van der Waals surface area contributed by atoms with Gasteiger partial charge in [-0.05, 0) is 50.6 Å². The van der Waals surface area contributed by atoms with Crippen molar-refractivity contribution in [1.29, 1.82) is 0 Å². The molecule has 2 rings (SSSR count). The van der Waals surface area contributed by atoms with Crippen LogP contribution in [-0.4, -0.2) is 27.9 Å². The second-order valence-corrected chi connectivity index (χ2v) is 5.05. The molecule has 2 heterocycles. The highest BCUT2D eigenvalue weighted by molar-refractivity contribution is 5.15. The van der Waals surface area contributed by atoms with Crippen molar-refractivity contribution in [2.45, 2.75) is 45.7 Å². The molecule has 4 nitrogen and oxygen atoms in total. The van der Waals surface area contributed by atoms with E-state index in [-0.39, 0.29) is 0 Å². The molecule has 0 aliphatic heterocycles. The van der Waals surface area contributed by atoms with E-state index < -0.39 is 0 Å². The fourth-order valence-corrected chi connectivity index (χ4v) is 2.46. The Bertz CT molecular complexity index is 519. The third-order valence-corrected chi connectivity index (χ3v) is 3.67. The summed E-state index contributed by atoms with van der Waals surface area (Å²) in [6.07, 6.45) is 6.71. The number of nitrogens with one attached hydrogen (secondary N) is 1. The van der Waals surface area contributed by atoms with Crippen molar-refractivity contribution in [3.05, 3.63) is 47.5 Å². The van der Waals surface area contributed by atoms with Gasteiger partial charge in [-0.1, -0.05) is 6.92 Å². The van der Waals surface area contributed by atoms with Crippen LogP contribution in [0.4, 0.5) is 0 Å². The summed E-state index contributed by atoms with van der Waals surface area (Å²) < 4.78 is 2.12. The van der Waals surface area contributed by atoms with Gasteiger partial charge in [0.25, 0.3) is 0 Å². The fraction of sp³-hybridized carbons (Fsp3) is 0.500. The maximum Gasteiger partial charge on any atom is 0.0624 e. The van der Waals surface area contributed by atoms with Gasteiger partial charge in [-0.3, -0.25) is 9.67 Å². The van der Waals surface area contributed by atoms with Crippen molar-refractivity contribution in [2.75, 3.05) is 7.05 Å². The van der Waals surface area contributed by atoms with E-state index in [2.05, 4.69) is 52.1 Å². The Morgan fingerprint density at radius 2 is 1.95 bits per heavy atom. The van der Waals surface area contributed by atoms with Crippen LogP contribution < -0.4 is 5.32 Å². The van der Waals surface area contributed by atoms with Crippen LogP contribution in [0.3, 0.4) is 0 Å². The Balaban J connectivity index is 2.08. The van der Waals surface area contributed by atoms with Crippen LogP contribution in [0.5, 0.6) is 0 Å². The summed E-state index contributed by atoms with van der Waals surface area (Å²) in [4.78, 5) is 4.07. The van der Waals surface area contributed by atoms with E-state index in [1.54, 1.807) is 0 Å². The maximum atomic E-state index is 4.62. The quantitative estimate of drug-likeness (QED) is 0.840. The van der Waals surface area contributed by atoms with E-state index in [9.17, 15) is 0 Å². The van der Waals surface area contributed by atoms with Gasteiger partial charge in [-0.15, -0.1) is 0 Å². The molecule has 0 radical (unpaired) electrons. The monoisotopic (exact) mass is 272 g/mol. The standard InChI is InChI=1S/C16H24N4/c1-4-14-11-16(20(5-2)19-14)12-15(17-3)10-13-6-8-18-9-7-13/h6-9,11,15,17H,4-5,10,12H2,1-3H3. The van der Waals surface area contributed by atoms with E-state index in [1.165, 1.54) is 17.0 Å². The van der Waals surface area contributed by atoms with Crippen LogP contribution in [0.2, 0.25) is 0 Å². The highest BCUT2D eigenvalue weighted by atomic mass is 15.3.